The molecular weight excluding hydrogens is 194 g/mol. The van der Waals surface area contributed by atoms with E-state index in [0.29, 0.717) is 11.6 Å². The van der Waals surface area contributed by atoms with Gasteiger partial charge in [-0.2, -0.15) is 0 Å². The van der Waals surface area contributed by atoms with Crippen LogP contribution in [0.4, 0.5) is 5.82 Å². The van der Waals surface area contributed by atoms with Gasteiger partial charge in [-0.15, -0.1) is 0 Å². The molecular formula is C10H15N3O2. The molecule has 0 saturated carbocycles. The van der Waals surface area contributed by atoms with Crippen LogP contribution in [0.3, 0.4) is 0 Å². The van der Waals surface area contributed by atoms with Crippen molar-refractivity contribution < 1.29 is 9.90 Å². The van der Waals surface area contributed by atoms with E-state index in [1.54, 1.807) is 24.1 Å². The highest BCUT2D eigenvalue weighted by Crippen LogP contribution is 2.12. The Morgan fingerprint density at radius 1 is 1.60 bits per heavy atom. The number of hydrogen-bond donors (Lipinski definition) is 1. The Morgan fingerprint density at radius 2 is 2.27 bits per heavy atom. The summed E-state index contributed by atoms with van der Waals surface area (Å²) in [5.41, 5.74) is 0. The van der Waals surface area contributed by atoms with Crippen molar-refractivity contribution in [3.8, 4) is 0 Å². The fourth-order valence-electron chi connectivity index (χ4n) is 1.28. The molecule has 1 rings (SSSR count). The molecule has 82 valence electrons. The second kappa shape index (κ2) is 4.72. The van der Waals surface area contributed by atoms with Gasteiger partial charge in [-0.1, -0.05) is 0 Å². The number of carboxylic acid groups (broad SMARTS) is 1. The fourth-order valence-corrected chi connectivity index (χ4v) is 1.28. The molecule has 5 heteroatoms. The largest absolute Gasteiger partial charge is 0.480 e. The Kier molecular flexibility index (Phi) is 3.60. The molecule has 1 N–H and O–H groups in total. The first-order valence-corrected chi connectivity index (χ1v) is 4.79. The molecule has 0 aromatic carbocycles. The van der Waals surface area contributed by atoms with Crippen molar-refractivity contribution in [2.24, 2.45) is 0 Å². The summed E-state index contributed by atoms with van der Waals surface area (Å²) in [5, 5.41) is 8.78. The molecule has 0 amide bonds. The van der Waals surface area contributed by atoms with Gasteiger partial charge >= 0.3 is 5.97 Å². The standard InChI is InChI=1S/C10H15N3O2/c1-7(2)13(6-10(14)15)9-4-5-11-8(3)12-9/h4-5,7H,6H2,1-3H3,(H,14,15). The van der Waals surface area contributed by atoms with E-state index in [1.165, 1.54) is 0 Å². The Balaban J connectivity index is 2.93. The van der Waals surface area contributed by atoms with E-state index in [0.717, 1.165) is 0 Å². The van der Waals surface area contributed by atoms with Crippen molar-refractivity contribution in [3.05, 3.63) is 18.1 Å². The number of rotatable bonds is 4. The van der Waals surface area contributed by atoms with Crippen LogP contribution >= 0.6 is 0 Å². The van der Waals surface area contributed by atoms with Crippen LogP contribution < -0.4 is 4.90 Å². The van der Waals surface area contributed by atoms with Crippen LogP contribution in [0, 0.1) is 6.92 Å². The molecule has 1 heterocycles. The lowest BCUT2D eigenvalue weighted by Crippen LogP contribution is -2.36. The molecule has 0 atom stereocenters. The van der Waals surface area contributed by atoms with Crippen molar-refractivity contribution in [2.45, 2.75) is 26.8 Å². The minimum Gasteiger partial charge on any atom is -0.480 e. The van der Waals surface area contributed by atoms with Gasteiger partial charge in [0.25, 0.3) is 0 Å². The zero-order valence-corrected chi connectivity index (χ0v) is 9.14. The molecule has 0 aliphatic heterocycles. The smallest absolute Gasteiger partial charge is 0.323 e. The third kappa shape index (κ3) is 3.19. The van der Waals surface area contributed by atoms with E-state index in [4.69, 9.17) is 5.11 Å². The van der Waals surface area contributed by atoms with Gasteiger partial charge in [0.15, 0.2) is 0 Å². The molecule has 0 aliphatic rings. The average molecular weight is 209 g/mol. The molecule has 15 heavy (non-hydrogen) atoms. The second-order valence-electron chi connectivity index (χ2n) is 3.58. The van der Waals surface area contributed by atoms with Crippen molar-refractivity contribution >= 4 is 11.8 Å². The van der Waals surface area contributed by atoms with Crippen molar-refractivity contribution in [3.63, 3.8) is 0 Å². The van der Waals surface area contributed by atoms with Gasteiger partial charge in [-0.3, -0.25) is 4.79 Å². The SMILES string of the molecule is Cc1nccc(N(CC(=O)O)C(C)C)n1. The number of hydrogen-bond acceptors (Lipinski definition) is 4. The maximum Gasteiger partial charge on any atom is 0.323 e. The fraction of sp³-hybridized carbons (Fsp3) is 0.500. The van der Waals surface area contributed by atoms with E-state index in [1.807, 2.05) is 13.8 Å². The van der Waals surface area contributed by atoms with Crippen molar-refractivity contribution in [2.75, 3.05) is 11.4 Å². The molecule has 0 bridgehead atoms. The summed E-state index contributed by atoms with van der Waals surface area (Å²) in [4.78, 5) is 20.6. The number of aliphatic carboxylic acids is 1. The normalized spacial score (nSPS) is 10.4. The zero-order valence-electron chi connectivity index (χ0n) is 9.14. The van der Waals surface area contributed by atoms with Gasteiger partial charge in [0.1, 0.15) is 18.2 Å². The van der Waals surface area contributed by atoms with Crippen molar-refractivity contribution in [1.29, 1.82) is 0 Å². The van der Waals surface area contributed by atoms with Gasteiger partial charge in [0, 0.05) is 12.2 Å². The molecule has 1 aromatic heterocycles. The topological polar surface area (TPSA) is 66.3 Å². The number of carbonyl (C=O) groups is 1. The summed E-state index contributed by atoms with van der Waals surface area (Å²) in [6.45, 7) is 5.59. The molecule has 1 aromatic rings. The van der Waals surface area contributed by atoms with E-state index >= 15 is 0 Å². The summed E-state index contributed by atoms with van der Waals surface area (Å²) >= 11 is 0. The Morgan fingerprint density at radius 3 is 2.73 bits per heavy atom. The van der Waals surface area contributed by atoms with Crippen LogP contribution in [0.1, 0.15) is 19.7 Å². The number of nitrogens with zero attached hydrogens (tertiary/aromatic N) is 3. The lowest BCUT2D eigenvalue weighted by molar-refractivity contribution is -0.135. The van der Waals surface area contributed by atoms with Crippen LogP contribution in [-0.2, 0) is 4.79 Å². The van der Waals surface area contributed by atoms with E-state index in [9.17, 15) is 4.79 Å². The Labute approximate surface area is 88.8 Å². The predicted molar refractivity (Wildman–Crippen MR) is 56.9 cm³/mol. The Hall–Kier alpha value is -1.65. The second-order valence-corrected chi connectivity index (χ2v) is 3.58. The molecule has 0 fully saturated rings. The summed E-state index contributed by atoms with van der Waals surface area (Å²) in [5.74, 6) is 0.434. The monoisotopic (exact) mass is 209 g/mol. The Bertz CT molecular complexity index is 352. The summed E-state index contributed by atoms with van der Waals surface area (Å²) in [6, 6.07) is 1.81. The number of anilines is 1. The van der Waals surface area contributed by atoms with Gasteiger partial charge in [0.05, 0.1) is 0 Å². The first-order valence-electron chi connectivity index (χ1n) is 4.79. The molecule has 0 unspecified atom stereocenters. The molecule has 0 saturated heterocycles. The highest BCUT2D eigenvalue weighted by atomic mass is 16.4. The first kappa shape index (κ1) is 11.4. The average Bonchev–Trinajstić information content (AvgIpc) is 2.13. The number of carboxylic acids is 1. The summed E-state index contributed by atoms with van der Waals surface area (Å²) in [7, 11) is 0. The quantitative estimate of drug-likeness (QED) is 0.803. The molecule has 0 aliphatic carbocycles. The van der Waals surface area contributed by atoms with E-state index in [-0.39, 0.29) is 12.6 Å². The van der Waals surface area contributed by atoms with Crippen LogP contribution in [0.2, 0.25) is 0 Å². The predicted octanol–water partition coefficient (Wildman–Crippen LogP) is 1.08. The summed E-state index contributed by atoms with van der Waals surface area (Å²) < 4.78 is 0. The lowest BCUT2D eigenvalue weighted by atomic mass is 10.3. The number of aromatic nitrogens is 2. The van der Waals surface area contributed by atoms with Gasteiger partial charge in [0.2, 0.25) is 0 Å². The van der Waals surface area contributed by atoms with Crippen LogP contribution in [0.15, 0.2) is 12.3 Å². The zero-order chi connectivity index (χ0) is 11.4. The highest BCUT2D eigenvalue weighted by Gasteiger charge is 2.15. The third-order valence-corrected chi connectivity index (χ3v) is 1.98. The van der Waals surface area contributed by atoms with E-state index < -0.39 is 5.97 Å². The van der Waals surface area contributed by atoms with Crippen LogP contribution in [0.25, 0.3) is 0 Å². The minimum atomic E-state index is -0.861. The highest BCUT2D eigenvalue weighted by molar-refractivity contribution is 5.73. The van der Waals surface area contributed by atoms with Crippen LogP contribution in [-0.4, -0.2) is 33.6 Å². The maximum absolute atomic E-state index is 10.7. The number of aryl methyl sites for hydroxylation is 1. The van der Waals surface area contributed by atoms with Crippen LogP contribution in [0.5, 0.6) is 0 Å². The van der Waals surface area contributed by atoms with Gasteiger partial charge < -0.3 is 10.0 Å². The lowest BCUT2D eigenvalue weighted by Gasteiger charge is -2.25. The first-order chi connectivity index (χ1) is 7.00. The van der Waals surface area contributed by atoms with E-state index in [2.05, 4.69) is 9.97 Å². The molecule has 5 nitrogen and oxygen atoms in total. The molecule has 0 radical (unpaired) electrons. The molecule has 0 spiro atoms. The minimum absolute atomic E-state index is 0.0475. The summed E-state index contributed by atoms with van der Waals surface area (Å²) in [6.07, 6.45) is 1.63. The van der Waals surface area contributed by atoms with Gasteiger partial charge in [-0.25, -0.2) is 9.97 Å². The van der Waals surface area contributed by atoms with Crippen molar-refractivity contribution in [1.82, 2.24) is 9.97 Å². The van der Waals surface area contributed by atoms with Gasteiger partial charge in [-0.05, 0) is 26.8 Å². The third-order valence-electron chi connectivity index (χ3n) is 1.98. The maximum atomic E-state index is 10.7.